The molecular formula is C13H18N2OS. The monoisotopic (exact) mass is 250 g/mol. The Morgan fingerprint density at radius 3 is 2.94 bits per heavy atom. The fourth-order valence-electron chi connectivity index (χ4n) is 1.59. The van der Waals surface area contributed by atoms with E-state index in [1.807, 2.05) is 24.3 Å². The third kappa shape index (κ3) is 3.16. The first-order valence-electron chi connectivity index (χ1n) is 5.80. The highest BCUT2D eigenvalue weighted by Gasteiger charge is 2.19. The van der Waals surface area contributed by atoms with Crippen LogP contribution >= 0.6 is 11.8 Å². The highest BCUT2D eigenvalue weighted by atomic mass is 32.2. The molecule has 3 nitrogen and oxygen atoms in total. The maximum Gasteiger partial charge on any atom is 0.161 e. The predicted octanol–water partition coefficient (Wildman–Crippen LogP) is 3.23. The standard InChI is InChI=1S/C13H18N2OS/c1-9-8-17-13(14-10(9)2)15-11-5-4-6-12(7-11)16-3/h4-7,9-10H,8H2,1-3H3,(H,14,15). The summed E-state index contributed by atoms with van der Waals surface area (Å²) < 4.78 is 5.20. The molecule has 4 heteroatoms. The molecule has 0 saturated carbocycles. The Morgan fingerprint density at radius 2 is 2.24 bits per heavy atom. The zero-order valence-corrected chi connectivity index (χ0v) is 11.3. The highest BCUT2D eigenvalue weighted by molar-refractivity contribution is 8.14. The SMILES string of the molecule is COc1cccc(NC2=NC(C)C(C)CS2)c1. The molecule has 0 radical (unpaired) electrons. The van der Waals surface area contributed by atoms with Gasteiger partial charge in [-0.1, -0.05) is 24.8 Å². The molecule has 1 aliphatic heterocycles. The molecule has 2 unspecified atom stereocenters. The van der Waals surface area contributed by atoms with Gasteiger partial charge in [-0.2, -0.15) is 0 Å². The summed E-state index contributed by atoms with van der Waals surface area (Å²) in [6, 6.07) is 8.30. The Balaban J connectivity index is 2.08. The van der Waals surface area contributed by atoms with E-state index in [9.17, 15) is 0 Å². The van der Waals surface area contributed by atoms with Gasteiger partial charge in [0.2, 0.25) is 0 Å². The highest BCUT2D eigenvalue weighted by Crippen LogP contribution is 2.25. The number of thioether (sulfide) groups is 1. The Bertz CT molecular complexity index is 420. The lowest BCUT2D eigenvalue weighted by Gasteiger charge is -2.23. The molecule has 1 aromatic carbocycles. The number of ether oxygens (including phenoxy) is 1. The normalized spacial score (nSPS) is 24.1. The Hall–Kier alpha value is -1.16. The molecule has 92 valence electrons. The molecule has 0 spiro atoms. The summed E-state index contributed by atoms with van der Waals surface area (Å²) >= 11 is 1.78. The van der Waals surface area contributed by atoms with Crippen LogP contribution in [0.15, 0.2) is 29.3 Å². The van der Waals surface area contributed by atoms with Gasteiger partial charge in [0.1, 0.15) is 5.75 Å². The summed E-state index contributed by atoms with van der Waals surface area (Å²) in [5.41, 5.74) is 1.03. The summed E-state index contributed by atoms with van der Waals surface area (Å²) in [5, 5.41) is 4.34. The molecule has 0 saturated heterocycles. The number of benzene rings is 1. The van der Waals surface area contributed by atoms with Crippen molar-refractivity contribution >= 4 is 22.6 Å². The molecule has 2 atom stereocenters. The summed E-state index contributed by atoms with van der Waals surface area (Å²) in [6.07, 6.45) is 0. The van der Waals surface area contributed by atoms with E-state index in [2.05, 4.69) is 24.2 Å². The van der Waals surface area contributed by atoms with Crippen molar-refractivity contribution in [2.75, 3.05) is 18.2 Å². The molecule has 1 aromatic rings. The van der Waals surface area contributed by atoms with Gasteiger partial charge in [0.15, 0.2) is 5.17 Å². The fraction of sp³-hybridized carbons (Fsp3) is 0.462. The lowest BCUT2D eigenvalue weighted by molar-refractivity contribution is 0.415. The number of methoxy groups -OCH3 is 1. The van der Waals surface area contributed by atoms with Crippen LogP contribution in [0.3, 0.4) is 0 Å². The average Bonchev–Trinajstić information content (AvgIpc) is 2.34. The molecule has 0 aromatic heterocycles. The number of rotatable bonds is 2. The van der Waals surface area contributed by atoms with Crippen LogP contribution in [0.4, 0.5) is 5.69 Å². The number of amidine groups is 1. The van der Waals surface area contributed by atoms with Crippen LogP contribution in [0.5, 0.6) is 5.75 Å². The quantitative estimate of drug-likeness (QED) is 0.875. The van der Waals surface area contributed by atoms with Crippen LogP contribution in [0.1, 0.15) is 13.8 Å². The van der Waals surface area contributed by atoms with Crippen molar-refractivity contribution in [1.82, 2.24) is 0 Å². The Labute approximate surface area is 107 Å². The number of hydrogen-bond acceptors (Lipinski definition) is 4. The Kier molecular flexibility index (Phi) is 3.94. The Morgan fingerprint density at radius 1 is 1.41 bits per heavy atom. The first kappa shape index (κ1) is 12.3. The minimum absolute atomic E-state index is 0.393. The second-order valence-corrected chi connectivity index (χ2v) is 5.33. The van der Waals surface area contributed by atoms with Gasteiger partial charge in [0.25, 0.3) is 0 Å². The molecule has 2 rings (SSSR count). The summed E-state index contributed by atoms with van der Waals surface area (Å²) in [5.74, 6) is 2.63. The zero-order chi connectivity index (χ0) is 12.3. The lowest BCUT2D eigenvalue weighted by Crippen LogP contribution is -2.25. The van der Waals surface area contributed by atoms with Crippen LogP contribution < -0.4 is 10.1 Å². The molecule has 1 heterocycles. The van der Waals surface area contributed by atoms with E-state index in [1.165, 1.54) is 0 Å². The minimum atomic E-state index is 0.393. The molecule has 0 bridgehead atoms. The third-order valence-corrected chi connectivity index (χ3v) is 4.12. The second-order valence-electron chi connectivity index (χ2n) is 4.32. The van der Waals surface area contributed by atoms with Crippen LogP contribution in [0, 0.1) is 5.92 Å². The predicted molar refractivity (Wildman–Crippen MR) is 75.1 cm³/mol. The van der Waals surface area contributed by atoms with Crippen molar-refractivity contribution in [3.8, 4) is 5.75 Å². The second kappa shape index (κ2) is 5.45. The van der Waals surface area contributed by atoms with Gasteiger partial charge in [0.05, 0.1) is 13.2 Å². The van der Waals surface area contributed by atoms with Crippen molar-refractivity contribution < 1.29 is 4.74 Å². The van der Waals surface area contributed by atoms with Crippen molar-refractivity contribution in [3.05, 3.63) is 24.3 Å². The first-order chi connectivity index (χ1) is 8.19. The van der Waals surface area contributed by atoms with E-state index >= 15 is 0 Å². The van der Waals surface area contributed by atoms with Crippen LogP contribution in [-0.2, 0) is 0 Å². The van der Waals surface area contributed by atoms with Crippen LogP contribution in [0.25, 0.3) is 0 Å². The summed E-state index contributed by atoms with van der Waals surface area (Å²) in [4.78, 5) is 4.64. The van der Waals surface area contributed by atoms with Crippen LogP contribution in [-0.4, -0.2) is 24.1 Å². The van der Waals surface area contributed by atoms with Gasteiger partial charge in [-0.15, -0.1) is 0 Å². The number of aliphatic imine (C=N–C) groups is 1. The van der Waals surface area contributed by atoms with Crippen molar-refractivity contribution in [3.63, 3.8) is 0 Å². The molecular weight excluding hydrogens is 232 g/mol. The van der Waals surface area contributed by atoms with Crippen molar-refractivity contribution in [2.45, 2.75) is 19.9 Å². The van der Waals surface area contributed by atoms with E-state index in [-0.39, 0.29) is 0 Å². The number of hydrogen-bond donors (Lipinski definition) is 1. The molecule has 17 heavy (non-hydrogen) atoms. The van der Waals surface area contributed by atoms with E-state index in [0.29, 0.717) is 12.0 Å². The van der Waals surface area contributed by atoms with Crippen molar-refractivity contribution in [2.24, 2.45) is 10.9 Å². The van der Waals surface area contributed by atoms with E-state index in [0.717, 1.165) is 22.4 Å². The zero-order valence-electron chi connectivity index (χ0n) is 10.4. The van der Waals surface area contributed by atoms with Crippen LogP contribution in [0.2, 0.25) is 0 Å². The first-order valence-corrected chi connectivity index (χ1v) is 6.79. The van der Waals surface area contributed by atoms with Gasteiger partial charge in [0, 0.05) is 17.5 Å². The molecule has 0 fully saturated rings. The molecule has 1 N–H and O–H groups in total. The maximum absolute atomic E-state index is 5.20. The van der Waals surface area contributed by atoms with Gasteiger partial charge in [-0.25, -0.2) is 0 Å². The summed E-state index contributed by atoms with van der Waals surface area (Å²) in [6.45, 7) is 4.40. The van der Waals surface area contributed by atoms with E-state index in [4.69, 9.17) is 4.74 Å². The number of nitrogens with zero attached hydrogens (tertiary/aromatic N) is 1. The van der Waals surface area contributed by atoms with E-state index < -0.39 is 0 Å². The molecule has 0 aliphatic carbocycles. The van der Waals surface area contributed by atoms with E-state index in [1.54, 1.807) is 18.9 Å². The minimum Gasteiger partial charge on any atom is -0.497 e. The average molecular weight is 250 g/mol. The number of nitrogens with one attached hydrogen (secondary N) is 1. The molecule has 1 aliphatic rings. The maximum atomic E-state index is 5.20. The van der Waals surface area contributed by atoms with Gasteiger partial charge >= 0.3 is 0 Å². The van der Waals surface area contributed by atoms with Gasteiger partial charge in [-0.3, -0.25) is 4.99 Å². The topological polar surface area (TPSA) is 33.6 Å². The fourth-order valence-corrected chi connectivity index (χ4v) is 2.72. The summed E-state index contributed by atoms with van der Waals surface area (Å²) in [7, 11) is 1.68. The third-order valence-electron chi connectivity index (χ3n) is 2.95. The number of anilines is 1. The smallest absolute Gasteiger partial charge is 0.161 e. The molecule has 0 amide bonds. The van der Waals surface area contributed by atoms with Gasteiger partial charge < -0.3 is 10.1 Å². The lowest BCUT2D eigenvalue weighted by atomic mass is 10.1. The largest absolute Gasteiger partial charge is 0.497 e. The van der Waals surface area contributed by atoms with Crippen molar-refractivity contribution in [1.29, 1.82) is 0 Å². The van der Waals surface area contributed by atoms with Gasteiger partial charge in [-0.05, 0) is 25.0 Å².